The molecule has 0 spiro atoms. The Morgan fingerprint density at radius 1 is 1.60 bits per heavy atom. The van der Waals surface area contributed by atoms with E-state index in [1.807, 2.05) is 0 Å². The summed E-state index contributed by atoms with van der Waals surface area (Å²) in [6.45, 7) is 4.48. The van der Waals surface area contributed by atoms with Crippen LogP contribution in [0.2, 0.25) is 0 Å². The minimum Gasteiger partial charge on any atom is -0.465 e. The Balaban J connectivity index is 1.94. The lowest BCUT2D eigenvalue weighted by Gasteiger charge is -2.35. The SMILES string of the molecule is CCOC(=O)C1CCN(C2CNC2)C1=O. The molecule has 1 N–H and O–H groups in total. The van der Waals surface area contributed by atoms with Gasteiger partial charge in [-0.2, -0.15) is 0 Å². The minimum absolute atomic E-state index is 0.0556. The predicted octanol–water partition coefficient (Wildman–Crippen LogP) is -0.630. The molecule has 0 aliphatic carbocycles. The Morgan fingerprint density at radius 2 is 2.33 bits per heavy atom. The van der Waals surface area contributed by atoms with Crippen LogP contribution in [0.15, 0.2) is 0 Å². The summed E-state index contributed by atoms with van der Waals surface area (Å²) in [5.74, 6) is -0.970. The van der Waals surface area contributed by atoms with E-state index in [-0.39, 0.29) is 17.9 Å². The first kappa shape index (κ1) is 10.4. The number of carbonyl (C=O) groups excluding carboxylic acids is 2. The van der Waals surface area contributed by atoms with Crippen molar-refractivity contribution in [3.8, 4) is 0 Å². The first-order valence-corrected chi connectivity index (χ1v) is 5.42. The van der Waals surface area contributed by atoms with Crippen molar-refractivity contribution in [2.45, 2.75) is 19.4 Å². The number of hydrogen-bond acceptors (Lipinski definition) is 4. The van der Waals surface area contributed by atoms with Gasteiger partial charge in [-0.3, -0.25) is 9.59 Å². The van der Waals surface area contributed by atoms with Crippen LogP contribution in [-0.2, 0) is 14.3 Å². The van der Waals surface area contributed by atoms with Gasteiger partial charge >= 0.3 is 5.97 Å². The summed E-state index contributed by atoms with van der Waals surface area (Å²) >= 11 is 0. The number of ether oxygens (including phenoxy) is 1. The third-order valence-corrected chi connectivity index (χ3v) is 3.01. The van der Waals surface area contributed by atoms with Crippen LogP contribution in [0.3, 0.4) is 0 Å². The van der Waals surface area contributed by atoms with E-state index in [2.05, 4.69) is 5.32 Å². The Bertz CT molecular complexity index is 276. The highest BCUT2D eigenvalue weighted by Gasteiger charge is 2.42. The standard InChI is InChI=1S/C10H16N2O3/c1-2-15-10(14)8-3-4-12(9(8)13)7-5-11-6-7/h7-8,11H,2-6H2,1H3. The molecule has 0 radical (unpaired) electrons. The molecule has 1 amide bonds. The fourth-order valence-electron chi connectivity index (χ4n) is 2.02. The molecule has 5 nitrogen and oxygen atoms in total. The monoisotopic (exact) mass is 212 g/mol. The minimum atomic E-state index is -0.550. The third kappa shape index (κ3) is 1.84. The van der Waals surface area contributed by atoms with Crippen LogP contribution in [0.5, 0.6) is 0 Å². The van der Waals surface area contributed by atoms with E-state index in [4.69, 9.17) is 4.74 Å². The largest absolute Gasteiger partial charge is 0.465 e. The van der Waals surface area contributed by atoms with Crippen molar-refractivity contribution >= 4 is 11.9 Å². The van der Waals surface area contributed by atoms with Crippen LogP contribution in [0.1, 0.15) is 13.3 Å². The molecule has 2 fully saturated rings. The maximum Gasteiger partial charge on any atom is 0.318 e. The fourth-order valence-corrected chi connectivity index (χ4v) is 2.02. The molecule has 2 heterocycles. The smallest absolute Gasteiger partial charge is 0.318 e. The normalized spacial score (nSPS) is 26.6. The summed E-state index contributed by atoms with van der Waals surface area (Å²) in [5.41, 5.74) is 0. The van der Waals surface area contributed by atoms with Gasteiger partial charge in [0, 0.05) is 19.6 Å². The molecule has 2 saturated heterocycles. The number of nitrogens with one attached hydrogen (secondary N) is 1. The number of esters is 1. The average molecular weight is 212 g/mol. The van der Waals surface area contributed by atoms with Crippen molar-refractivity contribution in [3.05, 3.63) is 0 Å². The van der Waals surface area contributed by atoms with E-state index in [1.54, 1.807) is 11.8 Å². The van der Waals surface area contributed by atoms with Crippen LogP contribution in [0, 0.1) is 5.92 Å². The van der Waals surface area contributed by atoms with Crippen molar-refractivity contribution in [1.29, 1.82) is 0 Å². The summed E-state index contributed by atoms with van der Waals surface area (Å²) < 4.78 is 4.87. The number of likely N-dealkylation sites (tertiary alicyclic amines) is 1. The molecular weight excluding hydrogens is 196 g/mol. The van der Waals surface area contributed by atoms with Gasteiger partial charge in [0.1, 0.15) is 5.92 Å². The molecule has 2 aliphatic heterocycles. The van der Waals surface area contributed by atoms with Gasteiger partial charge in [0.15, 0.2) is 0 Å². The first-order valence-electron chi connectivity index (χ1n) is 5.42. The van der Waals surface area contributed by atoms with Gasteiger partial charge < -0.3 is 15.0 Å². The van der Waals surface area contributed by atoms with Crippen molar-refractivity contribution < 1.29 is 14.3 Å². The summed E-state index contributed by atoms with van der Waals surface area (Å²) in [5, 5.41) is 3.12. The zero-order valence-corrected chi connectivity index (χ0v) is 8.86. The highest BCUT2D eigenvalue weighted by atomic mass is 16.5. The molecule has 2 aliphatic rings. The number of hydrogen-bond donors (Lipinski definition) is 1. The quantitative estimate of drug-likeness (QED) is 0.500. The topological polar surface area (TPSA) is 58.6 Å². The number of amides is 1. The van der Waals surface area contributed by atoms with Gasteiger partial charge in [0.2, 0.25) is 5.91 Å². The maximum atomic E-state index is 11.9. The van der Waals surface area contributed by atoms with Gasteiger partial charge in [-0.05, 0) is 13.3 Å². The molecule has 2 rings (SSSR count). The van der Waals surface area contributed by atoms with E-state index in [0.29, 0.717) is 19.6 Å². The van der Waals surface area contributed by atoms with Crippen molar-refractivity contribution in [1.82, 2.24) is 10.2 Å². The lowest BCUT2D eigenvalue weighted by molar-refractivity contribution is -0.153. The van der Waals surface area contributed by atoms with Crippen molar-refractivity contribution in [2.24, 2.45) is 5.92 Å². The highest BCUT2D eigenvalue weighted by Crippen LogP contribution is 2.22. The Hall–Kier alpha value is -1.10. The summed E-state index contributed by atoms with van der Waals surface area (Å²) in [7, 11) is 0. The molecular formula is C10H16N2O3. The average Bonchev–Trinajstić information content (AvgIpc) is 2.46. The highest BCUT2D eigenvalue weighted by molar-refractivity contribution is 5.99. The van der Waals surface area contributed by atoms with Crippen LogP contribution >= 0.6 is 0 Å². The molecule has 0 aromatic heterocycles. The van der Waals surface area contributed by atoms with Gasteiger partial charge in [0.25, 0.3) is 0 Å². The molecule has 15 heavy (non-hydrogen) atoms. The zero-order valence-electron chi connectivity index (χ0n) is 8.86. The summed E-state index contributed by atoms with van der Waals surface area (Å²) in [4.78, 5) is 25.1. The van der Waals surface area contributed by atoms with Crippen molar-refractivity contribution in [3.63, 3.8) is 0 Å². The third-order valence-electron chi connectivity index (χ3n) is 3.01. The van der Waals surface area contributed by atoms with E-state index < -0.39 is 5.92 Å². The maximum absolute atomic E-state index is 11.9. The van der Waals surface area contributed by atoms with E-state index in [1.165, 1.54) is 0 Å². The molecule has 84 valence electrons. The fraction of sp³-hybridized carbons (Fsp3) is 0.800. The Labute approximate surface area is 88.8 Å². The molecule has 1 atom stereocenters. The number of rotatable bonds is 3. The second kappa shape index (κ2) is 4.18. The predicted molar refractivity (Wildman–Crippen MR) is 53.1 cm³/mol. The van der Waals surface area contributed by atoms with Gasteiger partial charge in [-0.15, -0.1) is 0 Å². The van der Waals surface area contributed by atoms with Gasteiger partial charge in [0.05, 0.1) is 12.6 Å². The summed E-state index contributed by atoms with van der Waals surface area (Å²) in [6, 6.07) is 0.289. The van der Waals surface area contributed by atoms with E-state index >= 15 is 0 Å². The molecule has 0 aromatic rings. The van der Waals surface area contributed by atoms with E-state index in [9.17, 15) is 9.59 Å². The van der Waals surface area contributed by atoms with Gasteiger partial charge in [-0.25, -0.2) is 0 Å². The molecule has 5 heteroatoms. The second-order valence-corrected chi connectivity index (χ2v) is 3.94. The van der Waals surface area contributed by atoms with Crippen LogP contribution in [-0.4, -0.2) is 49.1 Å². The Kier molecular flexibility index (Phi) is 2.90. The van der Waals surface area contributed by atoms with Crippen molar-refractivity contribution in [2.75, 3.05) is 26.2 Å². The van der Waals surface area contributed by atoms with Crippen LogP contribution in [0.25, 0.3) is 0 Å². The number of nitrogens with zero attached hydrogens (tertiary/aromatic N) is 1. The van der Waals surface area contributed by atoms with Gasteiger partial charge in [-0.1, -0.05) is 0 Å². The molecule has 1 unspecified atom stereocenters. The van der Waals surface area contributed by atoms with Crippen LogP contribution < -0.4 is 5.32 Å². The lowest BCUT2D eigenvalue weighted by Crippen LogP contribution is -2.58. The second-order valence-electron chi connectivity index (χ2n) is 3.94. The lowest BCUT2D eigenvalue weighted by atomic mass is 10.1. The van der Waals surface area contributed by atoms with Crippen LogP contribution in [0.4, 0.5) is 0 Å². The molecule has 0 bridgehead atoms. The first-order chi connectivity index (χ1) is 7.24. The van der Waals surface area contributed by atoms with E-state index in [0.717, 1.165) is 13.1 Å². The molecule has 0 aromatic carbocycles. The summed E-state index contributed by atoms with van der Waals surface area (Å²) in [6.07, 6.45) is 0.605. The Morgan fingerprint density at radius 3 is 2.87 bits per heavy atom. The number of carbonyl (C=O) groups is 2. The zero-order chi connectivity index (χ0) is 10.8. The molecule has 0 saturated carbocycles.